The second-order valence-corrected chi connectivity index (χ2v) is 3.30. The summed E-state index contributed by atoms with van der Waals surface area (Å²) >= 11 is 0. The summed E-state index contributed by atoms with van der Waals surface area (Å²) in [7, 11) is 0. The maximum Gasteiger partial charge on any atom is 0.0995 e. The van der Waals surface area contributed by atoms with E-state index in [1.807, 2.05) is 31.2 Å². The summed E-state index contributed by atoms with van der Waals surface area (Å²) in [5, 5.41) is 16.7. The molecular weight excluding hydrogens is 188 g/mol. The number of nitrogens with zero attached hydrogens (tertiary/aromatic N) is 4. The minimum atomic E-state index is 0.593. The fraction of sp³-hybridized carbons (Fsp3) is 0.182. The Hall–Kier alpha value is -2.15. The van der Waals surface area contributed by atoms with E-state index in [0.29, 0.717) is 12.1 Å². The number of aryl methyl sites for hydroxylation is 1. The number of aromatic nitrogens is 3. The van der Waals surface area contributed by atoms with Crippen molar-refractivity contribution in [2.24, 2.45) is 0 Å². The van der Waals surface area contributed by atoms with Gasteiger partial charge in [0.15, 0.2) is 0 Å². The Morgan fingerprint density at radius 3 is 2.87 bits per heavy atom. The van der Waals surface area contributed by atoms with Crippen molar-refractivity contribution in [2.45, 2.75) is 13.5 Å². The molecule has 0 unspecified atom stereocenters. The molecule has 1 aromatic heterocycles. The molecule has 0 saturated heterocycles. The third-order valence-corrected chi connectivity index (χ3v) is 2.27. The van der Waals surface area contributed by atoms with Crippen LogP contribution >= 0.6 is 0 Å². The van der Waals surface area contributed by atoms with Gasteiger partial charge in [-0.2, -0.15) is 5.26 Å². The zero-order valence-corrected chi connectivity index (χ0v) is 8.38. The average Bonchev–Trinajstić information content (AvgIpc) is 2.65. The van der Waals surface area contributed by atoms with E-state index in [9.17, 15) is 0 Å². The van der Waals surface area contributed by atoms with E-state index < -0.39 is 0 Å². The molecule has 0 atom stereocenters. The lowest BCUT2D eigenvalue weighted by Crippen LogP contribution is -2.05. The summed E-state index contributed by atoms with van der Waals surface area (Å²) in [4.78, 5) is 0. The lowest BCUT2D eigenvalue weighted by Gasteiger charge is -2.04. The van der Waals surface area contributed by atoms with Crippen molar-refractivity contribution in [1.29, 1.82) is 5.26 Å². The van der Waals surface area contributed by atoms with E-state index in [0.717, 1.165) is 11.3 Å². The summed E-state index contributed by atoms with van der Waals surface area (Å²) in [6, 6.07) is 9.68. The summed E-state index contributed by atoms with van der Waals surface area (Å²) in [6.45, 7) is 2.53. The molecular formula is C11H10N4. The molecule has 0 fully saturated rings. The van der Waals surface area contributed by atoms with E-state index >= 15 is 0 Å². The van der Waals surface area contributed by atoms with Crippen LogP contribution in [0.1, 0.15) is 16.8 Å². The van der Waals surface area contributed by atoms with Crippen LogP contribution in [0, 0.1) is 18.3 Å². The van der Waals surface area contributed by atoms with Crippen LogP contribution in [0.5, 0.6) is 0 Å². The van der Waals surface area contributed by atoms with Crippen LogP contribution in [0.15, 0.2) is 30.5 Å². The quantitative estimate of drug-likeness (QED) is 0.734. The van der Waals surface area contributed by atoms with Gasteiger partial charge in [-0.25, -0.2) is 4.68 Å². The Bertz CT molecular complexity index is 507. The van der Waals surface area contributed by atoms with Crippen molar-refractivity contribution in [3.05, 3.63) is 47.3 Å². The normalized spacial score (nSPS) is 9.87. The third-order valence-electron chi connectivity index (χ3n) is 2.27. The topological polar surface area (TPSA) is 54.5 Å². The monoisotopic (exact) mass is 198 g/mol. The number of benzene rings is 1. The van der Waals surface area contributed by atoms with Crippen molar-refractivity contribution in [3.63, 3.8) is 0 Å². The van der Waals surface area contributed by atoms with Crippen molar-refractivity contribution in [2.75, 3.05) is 0 Å². The van der Waals surface area contributed by atoms with Crippen LogP contribution in [-0.2, 0) is 6.54 Å². The predicted molar refractivity (Wildman–Crippen MR) is 55.0 cm³/mol. The molecule has 0 spiro atoms. The summed E-state index contributed by atoms with van der Waals surface area (Å²) in [6.07, 6.45) is 1.70. The highest BCUT2D eigenvalue weighted by Gasteiger charge is 2.04. The molecule has 4 heteroatoms. The standard InChI is InChI=1S/C11H10N4/c1-9-7-13-14-15(9)8-11-5-3-2-4-10(11)6-12/h2-5,7H,8H2,1H3. The molecule has 2 rings (SSSR count). The molecule has 0 amide bonds. The zero-order valence-electron chi connectivity index (χ0n) is 8.38. The van der Waals surface area contributed by atoms with Gasteiger partial charge >= 0.3 is 0 Å². The molecule has 1 heterocycles. The maximum absolute atomic E-state index is 8.92. The highest BCUT2D eigenvalue weighted by atomic mass is 15.4. The Morgan fingerprint density at radius 1 is 1.40 bits per heavy atom. The molecule has 0 aliphatic rings. The zero-order chi connectivity index (χ0) is 10.7. The molecule has 74 valence electrons. The lowest BCUT2D eigenvalue weighted by molar-refractivity contribution is 0.632. The van der Waals surface area contributed by atoms with Crippen LogP contribution in [0.3, 0.4) is 0 Å². The molecule has 1 aromatic carbocycles. The average molecular weight is 198 g/mol. The maximum atomic E-state index is 8.92. The highest BCUT2D eigenvalue weighted by Crippen LogP contribution is 2.09. The first-order valence-electron chi connectivity index (χ1n) is 4.64. The van der Waals surface area contributed by atoms with Gasteiger partial charge in [0.2, 0.25) is 0 Å². The smallest absolute Gasteiger partial charge is 0.0995 e. The van der Waals surface area contributed by atoms with Gasteiger partial charge in [0.25, 0.3) is 0 Å². The fourth-order valence-corrected chi connectivity index (χ4v) is 1.39. The summed E-state index contributed by atoms with van der Waals surface area (Å²) in [5.74, 6) is 0. The number of rotatable bonds is 2. The van der Waals surface area contributed by atoms with Crippen LogP contribution in [0.4, 0.5) is 0 Å². The van der Waals surface area contributed by atoms with Gasteiger partial charge in [-0.05, 0) is 18.6 Å². The second-order valence-electron chi connectivity index (χ2n) is 3.30. The molecule has 0 aliphatic heterocycles. The molecule has 0 saturated carbocycles. The van der Waals surface area contributed by atoms with Crippen LogP contribution in [0.25, 0.3) is 0 Å². The van der Waals surface area contributed by atoms with E-state index in [-0.39, 0.29) is 0 Å². The number of hydrogen-bond acceptors (Lipinski definition) is 3. The van der Waals surface area contributed by atoms with Crippen molar-refractivity contribution < 1.29 is 0 Å². The van der Waals surface area contributed by atoms with Gasteiger partial charge in [0.1, 0.15) is 0 Å². The van der Waals surface area contributed by atoms with Crippen molar-refractivity contribution in [1.82, 2.24) is 15.0 Å². The molecule has 0 bridgehead atoms. The Balaban J connectivity index is 2.33. The fourth-order valence-electron chi connectivity index (χ4n) is 1.39. The molecule has 2 aromatic rings. The van der Waals surface area contributed by atoms with Gasteiger partial charge in [0, 0.05) is 0 Å². The third kappa shape index (κ3) is 1.86. The number of hydrogen-bond donors (Lipinski definition) is 0. The van der Waals surface area contributed by atoms with E-state index in [1.54, 1.807) is 10.9 Å². The Morgan fingerprint density at radius 2 is 2.20 bits per heavy atom. The molecule has 4 nitrogen and oxygen atoms in total. The molecule has 0 N–H and O–H groups in total. The highest BCUT2D eigenvalue weighted by molar-refractivity contribution is 5.37. The van der Waals surface area contributed by atoms with Crippen molar-refractivity contribution >= 4 is 0 Å². The second kappa shape index (κ2) is 3.93. The summed E-state index contributed by atoms with van der Waals surface area (Å²) < 4.78 is 1.77. The van der Waals surface area contributed by atoms with E-state index in [2.05, 4.69) is 16.4 Å². The van der Waals surface area contributed by atoms with E-state index in [4.69, 9.17) is 5.26 Å². The first-order chi connectivity index (χ1) is 7.31. The van der Waals surface area contributed by atoms with Gasteiger partial charge in [-0.1, -0.05) is 23.4 Å². The predicted octanol–water partition coefficient (Wildman–Crippen LogP) is 1.51. The SMILES string of the molecule is Cc1cnnn1Cc1ccccc1C#N. The summed E-state index contributed by atoms with van der Waals surface area (Å²) in [5.41, 5.74) is 2.64. The van der Waals surface area contributed by atoms with Gasteiger partial charge < -0.3 is 0 Å². The first-order valence-corrected chi connectivity index (χ1v) is 4.64. The Kier molecular flexibility index (Phi) is 2.46. The van der Waals surface area contributed by atoms with E-state index in [1.165, 1.54) is 0 Å². The van der Waals surface area contributed by atoms with Gasteiger partial charge in [-0.15, -0.1) is 5.10 Å². The molecule has 15 heavy (non-hydrogen) atoms. The van der Waals surface area contributed by atoms with Crippen LogP contribution < -0.4 is 0 Å². The largest absolute Gasteiger partial charge is 0.245 e. The van der Waals surface area contributed by atoms with Gasteiger partial charge in [-0.3, -0.25) is 0 Å². The minimum Gasteiger partial charge on any atom is -0.245 e. The van der Waals surface area contributed by atoms with Crippen LogP contribution in [0.2, 0.25) is 0 Å². The minimum absolute atomic E-state index is 0.593. The Labute approximate surface area is 87.8 Å². The van der Waals surface area contributed by atoms with Crippen LogP contribution in [-0.4, -0.2) is 15.0 Å². The lowest BCUT2D eigenvalue weighted by atomic mass is 10.1. The molecule has 0 aliphatic carbocycles. The first kappa shape index (κ1) is 9.41. The molecule has 0 radical (unpaired) electrons. The number of nitriles is 1. The van der Waals surface area contributed by atoms with Gasteiger partial charge in [0.05, 0.1) is 30.1 Å². The van der Waals surface area contributed by atoms with Crippen molar-refractivity contribution in [3.8, 4) is 6.07 Å².